The van der Waals surface area contributed by atoms with Crippen LogP contribution in [0.4, 0.5) is 0 Å². The minimum atomic E-state index is -0.139. The van der Waals surface area contributed by atoms with Crippen molar-refractivity contribution in [1.29, 1.82) is 0 Å². The third-order valence-corrected chi connectivity index (χ3v) is 5.15. The van der Waals surface area contributed by atoms with Gasteiger partial charge in [-0.05, 0) is 25.8 Å². The zero-order valence-electron chi connectivity index (χ0n) is 15.5. The first-order chi connectivity index (χ1) is 13.0. The molecule has 9 heteroatoms. The number of likely N-dealkylation sites (N-methyl/N-ethyl adjacent to an activating group) is 1. The van der Waals surface area contributed by atoms with Gasteiger partial charge in [-0.25, -0.2) is 0 Å². The Morgan fingerprint density at radius 3 is 2.89 bits per heavy atom. The summed E-state index contributed by atoms with van der Waals surface area (Å²) in [6.45, 7) is 6.22. The minimum absolute atomic E-state index is 0.0642. The summed E-state index contributed by atoms with van der Waals surface area (Å²) in [7, 11) is 1.63. The second-order valence-electron chi connectivity index (χ2n) is 6.48. The summed E-state index contributed by atoms with van der Waals surface area (Å²) in [5.41, 5.74) is 0.858. The van der Waals surface area contributed by atoms with Crippen LogP contribution in [0.25, 0.3) is 11.4 Å². The van der Waals surface area contributed by atoms with Crippen LogP contribution < -0.4 is 5.32 Å². The Labute approximate surface area is 162 Å². The van der Waals surface area contributed by atoms with Crippen LogP contribution in [-0.2, 0) is 16.1 Å². The quantitative estimate of drug-likeness (QED) is 0.520. The number of hydrogen-bond acceptors (Lipinski definition) is 6. The lowest BCUT2D eigenvalue weighted by atomic mass is 10.2. The summed E-state index contributed by atoms with van der Waals surface area (Å²) in [5, 5.41) is 11.9. The van der Waals surface area contributed by atoms with Crippen molar-refractivity contribution < 1.29 is 14.0 Å². The van der Waals surface area contributed by atoms with Gasteiger partial charge in [0.1, 0.15) is 5.76 Å². The van der Waals surface area contributed by atoms with Gasteiger partial charge in [0.25, 0.3) is 0 Å². The summed E-state index contributed by atoms with van der Waals surface area (Å²) in [6, 6.07) is 2.13. The van der Waals surface area contributed by atoms with E-state index in [0.717, 1.165) is 24.2 Å². The van der Waals surface area contributed by atoms with Crippen molar-refractivity contribution in [2.45, 2.75) is 37.5 Å². The smallest absolute Gasteiger partial charge is 0.239 e. The monoisotopic (exact) mass is 389 g/mol. The summed E-state index contributed by atoms with van der Waals surface area (Å²) >= 11 is 1.29. The molecule has 0 saturated heterocycles. The molecule has 1 fully saturated rings. The van der Waals surface area contributed by atoms with Crippen LogP contribution in [0.3, 0.4) is 0 Å². The maximum absolute atomic E-state index is 12.3. The standard InChI is InChI=1S/C18H23N5O3S/c1-4-8-23-17(14-7-9-26-12(14)2)20-21-18(23)27-11-16(25)22(3)10-15(24)19-13-5-6-13/h4,7,9,13H,1,5-6,8,10-11H2,2-3H3,(H,19,24). The number of aromatic nitrogens is 3. The van der Waals surface area contributed by atoms with E-state index >= 15 is 0 Å². The van der Waals surface area contributed by atoms with Crippen molar-refractivity contribution in [2.75, 3.05) is 19.3 Å². The molecule has 2 amide bonds. The molecule has 1 aliphatic carbocycles. The highest BCUT2D eigenvalue weighted by Gasteiger charge is 2.24. The number of thioether (sulfide) groups is 1. The maximum Gasteiger partial charge on any atom is 0.239 e. The molecule has 2 heterocycles. The van der Waals surface area contributed by atoms with Crippen LogP contribution in [-0.4, -0.2) is 56.9 Å². The molecule has 0 atom stereocenters. The Balaban J connectivity index is 1.62. The van der Waals surface area contributed by atoms with Crippen LogP contribution in [0.2, 0.25) is 0 Å². The normalized spacial score (nSPS) is 13.4. The average Bonchev–Trinajstić information content (AvgIpc) is 3.20. The van der Waals surface area contributed by atoms with Crippen LogP contribution in [0.5, 0.6) is 0 Å². The molecule has 0 bridgehead atoms. The molecule has 0 unspecified atom stereocenters. The molecule has 0 aliphatic heterocycles. The molecule has 2 aromatic rings. The van der Waals surface area contributed by atoms with E-state index in [1.54, 1.807) is 19.4 Å². The van der Waals surface area contributed by atoms with Crippen LogP contribution >= 0.6 is 11.8 Å². The second kappa shape index (κ2) is 8.43. The van der Waals surface area contributed by atoms with Crippen LogP contribution in [0.15, 0.2) is 34.6 Å². The van der Waals surface area contributed by atoms with Crippen molar-refractivity contribution in [3.05, 3.63) is 30.7 Å². The fourth-order valence-corrected chi connectivity index (χ4v) is 3.43. The van der Waals surface area contributed by atoms with E-state index in [1.807, 2.05) is 17.6 Å². The third-order valence-electron chi connectivity index (χ3n) is 4.20. The second-order valence-corrected chi connectivity index (χ2v) is 7.42. The molecule has 2 aromatic heterocycles. The van der Waals surface area contributed by atoms with Crippen LogP contribution in [0, 0.1) is 6.92 Å². The Morgan fingerprint density at radius 1 is 1.48 bits per heavy atom. The summed E-state index contributed by atoms with van der Waals surface area (Å²) in [6.07, 6.45) is 5.41. The van der Waals surface area contributed by atoms with E-state index in [2.05, 4.69) is 22.1 Å². The zero-order valence-corrected chi connectivity index (χ0v) is 16.3. The van der Waals surface area contributed by atoms with E-state index in [0.29, 0.717) is 17.5 Å². The van der Waals surface area contributed by atoms with Gasteiger partial charge in [-0.3, -0.25) is 14.2 Å². The number of rotatable bonds is 9. The highest BCUT2D eigenvalue weighted by atomic mass is 32.2. The topological polar surface area (TPSA) is 93.3 Å². The Morgan fingerprint density at radius 2 is 2.26 bits per heavy atom. The van der Waals surface area contributed by atoms with Gasteiger partial charge in [0.2, 0.25) is 11.8 Å². The van der Waals surface area contributed by atoms with Gasteiger partial charge in [0.15, 0.2) is 11.0 Å². The first-order valence-electron chi connectivity index (χ1n) is 8.74. The number of furan rings is 1. The largest absolute Gasteiger partial charge is 0.469 e. The Bertz CT molecular complexity index is 840. The maximum atomic E-state index is 12.3. The first-order valence-corrected chi connectivity index (χ1v) is 9.72. The number of hydrogen-bond donors (Lipinski definition) is 1. The van der Waals surface area contributed by atoms with Gasteiger partial charge in [-0.1, -0.05) is 17.8 Å². The number of nitrogens with zero attached hydrogens (tertiary/aromatic N) is 4. The number of amides is 2. The average molecular weight is 389 g/mol. The SMILES string of the molecule is C=CCn1c(SCC(=O)N(C)CC(=O)NC2CC2)nnc1-c1ccoc1C. The van der Waals surface area contributed by atoms with E-state index in [1.165, 1.54) is 16.7 Å². The molecule has 1 aliphatic rings. The van der Waals surface area contributed by atoms with E-state index in [4.69, 9.17) is 4.42 Å². The molecule has 0 aromatic carbocycles. The molecule has 8 nitrogen and oxygen atoms in total. The molecule has 1 N–H and O–H groups in total. The van der Waals surface area contributed by atoms with Gasteiger partial charge in [0.05, 0.1) is 24.1 Å². The molecule has 1 saturated carbocycles. The summed E-state index contributed by atoms with van der Waals surface area (Å²) in [5.74, 6) is 1.34. The fraction of sp³-hybridized carbons (Fsp3) is 0.444. The molecule has 0 radical (unpaired) electrons. The predicted molar refractivity (Wildman–Crippen MR) is 102 cm³/mol. The number of carbonyl (C=O) groups is 2. The Hall–Kier alpha value is -2.55. The lowest BCUT2D eigenvalue weighted by Gasteiger charge is -2.16. The molecule has 27 heavy (non-hydrogen) atoms. The lowest BCUT2D eigenvalue weighted by molar-refractivity contribution is -0.132. The van der Waals surface area contributed by atoms with Gasteiger partial charge in [0, 0.05) is 19.6 Å². The third kappa shape index (κ3) is 4.79. The number of carbonyl (C=O) groups excluding carboxylic acids is 2. The van der Waals surface area contributed by atoms with E-state index in [9.17, 15) is 9.59 Å². The van der Waals surface area contributed by atoms with Crippen molar-refractivity contribution in [1.82, 2.24) is 25.0 Å². The molecular weight excluding hydrogens is 366 g/mol. The van der Waals surface area contributed by atoms with Gasteiger partial charge >= 0.3 is 0 Å². The number of aryl methyl sites for hydroxylation is 1. The number of allylic oxidation sites excluding steroid dienone is 1. The molecular formula is C18H23N5O3S. The summed E-state index contributed by atoms with van der Waals surface area (Å²) in [4.78, 5) is 25.6. The van der Waals surface area contributed by atoms with Gasteiger partial charge < -0.3 is 14.6 Å². The van der Waals surface area contributed by atoms with Crippen molar-refractivity contribution in [3.8, 4) is 11.4 Å². The minimum Gasteiger partial charge on any atom is -0.469 e. The highest BCUT2D eigenvalue weighted by Crippen LogP contribution is 2.27. The van der Waals surface area contributed by atoms with Gasteiger partial charge in [-0.15, -0.1) is 16.8 Å². The predicted octanol–water partition coefficient (Wildman–Crippen LogP) is 1.86. The van der Waals surface area contributed by atoms with Crippen molar-refractivity contribution in [3.63, 3.8) is 0 Å². The molecule has 144 valence electrons. The first kappa shape index (κ1) is 19.2. The van der Waals surface area contributed by atoms with Crippen molar-refractivity contribution in [2.24, 2.45) is 0 Å². The highest BCUT2D eigenvalue weighted by molar-refractivity contribution is 7.99. The zero-order chi connectivity index (χ0) is 19.4. The molecule has 3 rings (SSSR count). The van der Waals surface area contributed by atoms with Crippen LogP contribution in [0.1, 0.15) is 18.6 Å². The lowest BCUT2D eigenvalue weighted by Crippen LogP contribution is -2.39. The van der Waals surface area contributed by atoms with E-state index in [-0.39, 0.29) is 30.2 Å². The van der Waals surface area contributed by atoms with E-state index < -0.39 is 0 Å². The fourth-order valence-electron chi connectivity index (χ4n) is 2.55. The van der Waals surface area contributed by atoms with Crippen molar-refractivity contribution >= 4 is 23.6 Å². The Kier molecular flexibility index (Phi) is 6.00. The molecule has 0 spiro atoms. The summed E-state index contributed by atoms with van der Waals surface area (Å²) < 4.78 is 7.24. The van der Waals surface area contributed by atoms with Gasteiger partial charge in [-0.2, -0.15) is 0 Å². The number of nitrogens with one attached hydrogen (secondary N) is 1.